The van der Waals surface area contributed by atoms with Crippen LogP contribution in [0.25, 0.3) is 0 Å². The van der Waals surface area contributed by atoms with Gasteiger partial charge in [-0.3, -0.25) is 0 Å². The molecule has 0 N–H and O–H groups in total. The van der Waals surface area contributed by atoms with Crippen LogP contribution in [0.15, 0.2) is 60.7 Å². The first-order chi connectivity index (χ1) is 8.42. The van der Waals surface area contributed by atoms with Crippen LogP contribution in [0.4, 0.5) is 4.11 Å². The van der Waals surface area contributed by atoms with Gasteiger partial charge in [-0.1, -0.05) is 60.7 Å². The van der Waals surface area contributed by atoms with Gasteiger partial charge < -0.3 is 4.11 Å². The maximum absolute atomic E-state index is 12.4. The summed E-state index contributed by atoms with van der Waals surface area (Å²) in [6.45, 7) is 0. The van der Waals surface area contributed by atoms with Crippen LogP contribution in [-0.4, -0.2) is 9.85 Å². The summed E-state index contributed by atoms with van der Waals surface area (Å²) >= 11 is 0. The second-order valence-corrected chi connectivity index (χ2v) is 4.81. The van der Waals surface area contributed by atoms with Crippen molar-refractivity contribution in [2.24, 2.45) is 0 Å². The second-order valence-electron chi connectivity index (χ2n) is 4.05. The van der Waals surface area contributed by atoms with Crippen molar-refractivity contribution in [1.82, 2.24) is 0 Å². The van der Waals surface area contributed by atoms with Gasteiger partial charge in [0.1, 0.15) is 0 Å². The van der Waals surface area contributed by atoms with E-state index >= 15 is 0 Å². The first kappa shape index (κ1) is 12.1. The quantitative estimate of drug-likeness (QED) is 0.544. The van der Waals surface area contributed by atoms with Gasteiger partial charge in [-0.25, -0.2) is 0 Å². The minimum atomic E-state index is -0.460. The molecule has 0 aliphatic rings. The Morgan fingerprint density at radius 1 is 0.824 bits per heavy atom. The topological polar surface area (TPSA) is 0 Å². The first-order valence-electron chi connectivity index (χ1n) is 5.85. The molecule has 0 atom stereocenters. The standard InChI is InChI=1S/C15H15FSi/c16-17-12-11-15(13-7-3-1-4-8-13)14-9-5-2-6-10-14/h1-10,15H,11-12H2. The lowest BCUT2D eigenvalue weighted by molar-refractivity contribution is 0.748. The molecule has 0 spiro atoms. The van der Waals surface area contributed by atoms with E-state index in [4.69, 9.17) is 0 Å². The molecule has 0 unspecified atom stereocenters. The highest BCUT2D eigenvalue weighted by atomic mass is 28.3. The van der Waals surface area contributed by atoms with Gasteiger partial charge in [0.15, 0.2) is 0 Å². The van der Waals surface area contributed by atoms with Crippen molar-refractivity contribution in [3.05, 3.63) is 71.8 Å². The Labute approximate surface area is 104 Å². The summed E-state index contributed by atoms with van der Waals surface area (Å²) in [6.07, 6.45) is 0.878. The Hall–Kier alpha value is -1.41. The van der Waals surface area contributed by atoms with Crippen molar-refractivity contribution in [2.45, 2.75) is 18.4 Å². The van der Waals surface area contributed by atoms with Crippen molar-refractivity contribution < 1.29 is 4.11 Å². The molecule has 86 valence electrons. The molecule has 0 saturated heterocycles. The van der Waals surface area contributed by atoms with Crippen molar-refractivity contribution >= 4 is 9.85 Å². The van der Waals surface area contributed by atoms with Gasteiger partial charge in [-0.2, -0.15) is 0 Å². The van der Waals surface area contributed by atoms with Crippen molar-refractivity contribution in [1.29, 1.82) is 0 Å². The van der Waals surface area contributed by atoms with Gasteiger partial charge in [-0.15, -0.1) is 0 Å². The average Bonchev–Trinajstić information content (AvgIpc) is 2.42. The second kappa shape index (κ2) is 6.35. The van der Waals surface area contributed by atoms with Crippen LogP contribution in [0.2, 0.25) is 6.04 Å². The van der Waals surface area contributed by atoms with Gasteiger partial charge in [-0.05, 0) is 23.6 Å². The van der Waals surface area contributed by atoms with Crippen molar-refractivity contribution in [2.75, 3.05) is 0 Å². The molecule has 0 amide bonds. The molecule has 0 saturated carbocycles. The number of benzene rings is 2. The highest BCUT2D eigenvalue weighted by molar-refractivity contribution is 6.26. The molecule has 0 fully saturated rings. The van der Waals surface area contributed by atoms with Crippen LogP contribution in [0.5, 0.6) is 0 Å². The third-order valence-corrected chi connectivity index (χ3v) is 3.41. The fraction of sp³-hybridized carbons (Fsp3) is 0.200. The number of hydrogen-bond acceptors (Lipinski definition) is 0. The molecule has 2 heteroatoms. The molecule has 0 aromatic heterocycles. The smallest absolute Gasteiger partial charge is 0.294 e. The van der Waals surface area contributed by atoms with E-state index in [9.17, 15) is 4.11 Å². The highest BCUT2D eigenvalue weighted by Crippen LogP contribution is 2.28. The van der Waals surface area contributed by atoms with E-state index in [-0.39, 0.29) is 0 Å². The summed E-state index contributed by atoms with van der Waals surface area (Å²) in [6, 6.07) is 21.4. The lowest BCUT2D eigenvalue weighted by Gasteiger charge is -2.17. The minimum absolute atomic E-state index is 0.320. The molecule has 2 aromatic rings. The van der Waals surface area contributed by atoms with Crippen molar-refractivity contribution in [3.63, 3.8) is 0 Å². The van der Waals surface area contributed by atoms with E-state index in [2.05, 4.69) is 24.3 Å². The zero-order chi connectivity index (χ0) is 11.9. The lowest BCUT2D eigenvalue weighted by atomic mass is 9.89. The molecule has 0 aliphatic heterocycles. The summed E-state index contributed by atoms with van der Waals surface area (Å²) in [5, 5.41) is 0. The predicted octanol–water partition coefficient (Wildman–Crippen LogP) is 4.22. The van der Waals surface area contributed by atoms with E-state index in [1.165, 1.54) is 11.1 Å². The molecule has 2 aromatic carbocycles. The Balaban J connectivity index is 2.26. The number of hydrogen-bond donors (Lipinski definition) is 0. The normalized spacial score (nSPS) is 10.7. The van der Waals surface area contributed by atoms with Gasteiger partial charge in [0, 0.05) is 5.92 Å². The molecular weight excluding hydrogens is 227 g/mol. The average molecular weight is 242 g/mol. The van der Waals surface area contributed by atoms with Crippen LogP contribution in [0.1, 0.15) is 23.5 Å². The third-order valence-electron chi connectivity index (χ3n) is 2.93. The van der Waals surface area contributed by atoms with Crippen molar-refractivity contribution in [3.8, 4) is 0 Å². The number of halogens is 1. The van der Waals surface area contributed by atoms with Gasteiger partial charge in [0.2, 0.25) is 0 Å². The van der Waals surface area contributed by atoms with Crippen LogP contribution >= 0.6 is 0 Å². The molecular formula is C15H15FSi. The largest absolute Gasteiger partial charge is 0.315 e. The Morgan fingerprint density at radius 3 is 1.71 bits per heavy atom. The number of rotatable bonds is 5. The summed E-state index contributed by atoms with van der Waals surface area (Å²) in [5.74, 6) is 0.320. The first-order valence-corrected chi connectivity index (χ1v) is 6.93. The minimum Gasteiger partial charge on any atom is -0.315 e. The Kier molecular flexibility index (Phi) is 4.51. The van der Waals surface area contributed by atoms with Gasteiger partial charge in [0.05, 0.1) is 0 Å². The molecule has 0 heterocycles. The van der Waals surface area contributed by atoms with Gasteiger partial charge in [0.25, 0.3) is 9.85 Å². The van der Waals surface area contributed by atoms with E-state index in [1.807, 2.05) is 36.4 Å². The van der Waals surface area contributed by atoms with Crippen LogP contribution in [-0.2, 0) is 0 Å². The summed E-state index contributed by atoms with van der Waals surface area (Å²) in [7, 11) is -0.460. The third kappa shape index (κ3) is 3.27. The molecule has 2 radical (unpaired) electrons. The van der Waals surface area contributed by atoms with Crippen LogP contribution in [0.3, 0.4) is 0 Å². The molecule has 0 nitrogen and oxygen atoms in total. The van der Waals surface area contributed by atoms with E-state index in [0.29, 0.717) is 12.0 Å². The summed E-state index contributed by atoms with van der Waals surface area (Å²) in [4.78, 5) is 0. The highest BCUT2D eigenvalue weighted by Gasteiger charge is 2.13. The Morgan fingerprint density at radius 2 is 1.29 bits per heavy atom. The SMILES string of the molecule is F[Si]CCC(c1ccccc1)c1ccccc1. The predicted molar refractivity (Wildman–Crippen MR) is 71.0 cm³/mol. The zero-order valence-corrected chi connectivity index (χ0v) is 10.6. The molecule has 0 bridgehead atoms. The van der Waals surface area contributed by atoms with E-state index in [1.54, 1.807) is 0 Å². The van der Waals surface area contributed by atoms with Crippen LogP contribution < -0.4 is 0 Å². The monoisotopic (exact) mass is 242 g/mol. The van der Waals surface area contributed by atoms with E-state index in [0.717, 1.165) is 6.42 Å². The summed E-state index contributed by atoms with van der Waals surface area (Å²) < 4.78 is 12.4. The molecule has 17 heavy (non-hydrogen) atoms. The maximum atomic E-state index is 12.4. The molecule has 0 aliphatic carbocycles. The molecule has 2 rings (SSSR count). The summed E-state index contributed by atoms with van der Waals surface area (Å²) in [5.41, 5.74) is 2.55. The fourth-order valence-corrected chi connectivity index (χ4v) is 2.49. The lowest BCUT2D eigenvalue weighted by Crippen LogP contribution is -2.01. The fourth-order valence-electron chi connectivity index (χ4n) is 2.10. The maximum Gasteiger partial charge on any atom is 0.294 e. The zero-order valence-electron chi connectivity index (χ0n) is 9.64. The Bertz CT molecular complexity index is 388. The van der Waals surface area contributed by atoms with Crippen LogP contribution in [0, 0.1) is 0 Å². The van der Waals surface area contributed by atoms with E-state index < -0.39 is 9.85 Å². The van der Waals surface area contributed by atoms with Gasteiger partial charge >= 0.3 is 0 Å².